The summed E-state index contributed by atoms with van der Waals surface area (Å²) in [6, 6.07) is 16.5. The first-order valence-electron chi connectivity index (χ1n) is 7.21. The van der Waals surface area contributed by atoms with Gasteiger partial charge in [0.15, 0.2) is 0 Å². The standard InChI is InChI=1S/C18H17NO2S/c1-3-19(18-7-5-4-6-17(18)15-10-11-15)22(20,21)16-12-8-14(2)9-13-16/h1,4-9,12-13,15H,10-11H2,2H3. The first-order valence-corrected chi connectivity index (χ1v) is 8.65. The fourth-order valence-electron chi connectivity index (χ4n) is 2.50. The Morgan fingerprint density at radius 3 is 2.32 bits per heavy atom. The molecule has 0 aliphatic heterocycles. The normalized spacial score (nSPS) is 14.4. The van der Waals surface area contributed by atoms with Crippen LogP contribution in [-0.2, 0) is 10.0 Å². The monoisotopic (exact) mass is 311 g/mol. The molecule has 0 amide bonds. The van der Waals surface area contributed by atoms with E-state index in [0.717, 1.165) is 28.3 Å². The van der Waals surface area contributed by atoms with Crippen LogP contribution in [0.25, 0.3) is 0 Å². The molecule has 112 valence electrons. The van der Waals surface area contributed by atoms with Crippen molar-refractivity contribution in [2.24, 2.45) is 0 Å². The van der Waals surface area contributed by atoms with Gasteiger partial charge in [0.25, 0.3) is 10.0 Å². The van der Waals surface area contributed by atoms with Crippen molar-refractivity contribution in [3.05, 3.63) is 59.7 Å². The Morgan fingerprint density at radius 1 is 1.09 bits per heavy atom. The summed E-state index contributed by atoms with van der Waals surface area (Å²) in [6.07, 6.45) is 7.71. The van der Waals surface area contributed by atoms with E-state index in [1.54, 1.807) is 30.3 Å². The second kappa shape index (κ2) is 5.51. The van der Waals surface area contributed by atoms with Crippen molar-refractivity contribution in [1.82, 2.24) is 0 Å². The van der Waals surface area contributed by atoms with Crippen molar-refractivity contribution in [2.75, 3.05) is 4.31 Å². The summed E-state index contributed by atoms with van der Waals surface area (Å²) in [5.41, 5.74) is 2.61. The van der Waals surface area contributed by atoms with Crippen LogP contribution in [0.5, 0.6) is 0 Å². The molecule has 4 heteroatoms. The summed E-state index contributed by atoms with van der Waals surface area (Å²) in [5.74, 6) is 0.417. The Bertz CT molecular complexity index is 828. The molecule has 0 bridgehead atoms. The third-order valence-corrected chi connectivity index (χ3v) is 5.50. The molecular formula is C18H17NO2S. The molecular weight excluding hydrogens is 294 g/mol. The van der Waals surface area contributed by atoms with Gasteiger partial charge in [-0.1, -0.05) is 42.3 Å². The molecule has 1 aliphatic carbocycles. The predicted molar refractivity (Wildman–Crippen MR) is 88.1 cm³/mol. The lowest BCUT2D eigenvalue weighted by Crippen LogP contribution is -2.27. The lowest BCUT2D eigenvalue weighted by Gasteiger charge is -2.20. The van der Waals surface area contributed by atoms with Gasteiger partial charge in [0.05, 0.1) is 10.6 Å². The van der Waals surface area contributed by atoms with Gasteiger partial charge in [-0.2, -0.15) is 4.31 Å². The van der Waals surface area contributed by atoms with Crippen LogP contribution in [0.1, 0.15) is 29.9 Å². The van der Waals surface area contributed by atoms with Gasteiger partial charge in [0.1, 0.15) is 0 Å². The largest absolute Gasteiger partial charge is 0.275 e. The average Bonchev–Trinajstić information content (AvgIpc) is 3.33. The summed E-state index contributed by atoms with van der Waals surface area (Å²) in [5, 5.41) is 0. The van der Waals surface area contributed by atoms with Crippen LogP contribution < -0.4 is 4.31 Å². The Hall–Kier alpha value is -2.25. The summed E-state index contributed by atoms with van der Waals surface area (Å²) in [4.78, 5) is 0.210. The van der Waals surface area contributed by atoms with Crippen LogP contribution in [0.3, 0.4) is 0 Å². The minimum Gasteiger partial charge on any atom is -0.200 e. The van der Waals surface area contributed by atoms with E-state index in [1.165, 1.54) is 0 Å². The zero-order valence-corrected chi connectivity index (χ0v) is 13.2. The number of sulfonamides is 1. The molecule has 3 nitrogen and oxygen atoms in total. The molecule has 2 aromatic carbocycles. The fourth-order valence-corrected chi connectivity index (χ4v) is 3.75. The smallest absolute Gasteiger partial charge is 0.200 e. The molecule has 1 saturated carbocycles. The summed E-state index contributed by atoms with van der Waals surface area (Å²) in [6.45, 7) is 1.91. The molecule has 0 unspecified atom stereocenters. The number of benzene rings is 2. The Kier molecular flexibility index (Phi) is 3.67. The van der Waals surface area contributed by atoms with Crippen LogP contribution in [-0.4, -0.2) is 8.42 Å². The molecule has 3 rings (SSSR count). The Labute approximate surface area is 131 Å². The Balaban J connectivity index is 2.08. The van der Waals surface area contributed by atoms with Crippen LogP contribution in [0, 0.1) is 19.4 Å². The van der Waals surface area contributed by atoms with Crippen LogP contribution in [0.15, 0.2) is 53.4 Å². The minimum atomic E-state index is -3.75. The molecule has 0 aromatic heterocycles. The maximum atomic E-state index is 12.9. The summed E-state index contributed by atoms with van der Waals surface area (Å²) in [7, 11) is -3.75. The highest BCUT2D eigenvalue weighted by molar-refractivity contribution is 7.93. The number of hydrogen-bond acceptors (Lipinski definition) is 2. The van der Waals surface area contributed by atoms with Gasteiger partial charge >= 0.3 is 0 Å². The molecule has 1 fully saturated rings. The van der Waals surface area contributed by atoms with Gasteiger partial charge < -0.3 is 0 Å². The third-order valence-electron chi connectivity index (χ3n) is 3.85. The topological polar surface area (TPSA) is 37.4 Å². The van der Waals surface area contributed by atoms with E-state index in [-0.39, 0.29) is 4.90 Å². The van der Waals surface area contributed by atoms with Gasteiger partial charge in [-0.05, 0) is 49.4 Å². The van der Waals surface area contributed by atoms with Gasteiger partial charge in [0.2, 0.25) is 0 Å². The van der Waals surface area contributed by atoms with E-state index in [4.69, 9.17) is 6.42 Å². The summed E-state index contributed by atoms with van der Waals surface area (Å²) >= 11 is 0. The van der Waals surface area contributed by atoms with Crippen molar-refractivity contribution in [3.8, 4) is 12.5 Å². The Morgan fingerprint density at radius 2 is 1.73 bits per heavy atom. The molecule has 0 N–H and O–H groups in total. The number of hydrogen-bond donors (Lipinski definition) is 0. The number of aryl methyl sites for hydroxylation is 1. The van der Waals surface area contributed by atoms with Crippen molar-refractivity contribution >= 4 is 15.7 Å². The van der Waals surface area contributed by atoms with E-state index in [1.807, 2.05) is 25.1 Å². The number of rotatable bonds is 4. The average molecular weight is 311 g/mol. The molecule has 22 heavy (non-hydrogen) atoms. The van der Waals surface area contributed by atoms with Gasteiger partial charge in [-0.25, -0.2) is 8.42 Å². The van der Waals surface area contributed by atoms with Crippen molar-refractivity contribution < 1.29 is 8.42 Å². The maximum absolute atomic E-state index is 12.9. The quantitative estimate of drug-likeness (QED) is 0.638. The zero-order valence-electron chi connectivity index (χ0n) is 12.4. The lowest BCUT2D eigenvalue weighted by atomic mass is 10.1. The first-order chi connectivity index (χ1) is 10.5. The van der Waals surface area contributed by atoms with Crippen molar-refractivity contribution in [3.63, 3.8) is 0 Å². The minimum absolute atomic E-state index is 0.210. The second-order valence-corrected chi connectivity index (χ2v) is 7.33. The number of terminal acetylenes is 1. The van der Waals surface area contributed by atoms with E-state index in [0.29, 0.717) is 11.6 Å². The predicted octanol–water partition coefficient (Wildman–Crippen LogP) is 3.66. The molecule has 0 saturated heterocycles. The first kappa shape index (κ1) is 14.7. The summed E-state index contributed by atoms with van der Waals surface area (Å²) < 4.78 is 26.8. The molecule has 0 atom stereocenters. The van der Waals surface area contributed by atoms with Crippen LogP contribution in [0.4, 0.5) is 5.69 Å². The van der Waals surface area contributed by atoms with Gasteiger partial charge in [-0.3, -0.25) is 0 Å². The molecule has 0 heterocycles. The maximum Gasteiger partial charge on any atom is 0.275 e. The van der Waals surface area contributed by atoms with Gasteiger partial charge in [-0.15, -0.1) is 0 Å². The highest BCUT2D eigenvalue weighted by Gasteiger charge is 2.31. The van der Waals surface area contributed by atoms with Crippen molar-refractivity contribution in [2.45, 2.75) is 30.6 Å². The van der Waals surface area contributed by atoms with E-state index in [2.05, 4.69) is 6.04 Å². The molecule has 0 radical (unpaired) electrons. The van der Waals surface area contributed by atoms with E-state index in [9.17, 15) is 8.42 Å². The molecule has 2 aromatic rings. The van der Waals surface area contributed by atoms with Crippen LogP contribution in [0.2, 0.25) is 0 Å². The lowest BCUT2D eigenvalue weighted by molar-refractivity contribution is 0.596. The van der Waals surface area contributed by atoms with Crippen molar-refractivity contribution in [1.29, 1.82) is 0 Å². The van der Waals surface area contributed by atoms with Gasteiger partial charge in [0, 0.05) is 6.04 Å². The second-order valence-electron chi connectivity index (χ2n) is 5.54. The highest BCUT2D eigenvalue weighted by Crippen LogP contribution is 2.45. The third kappa shape index (κ3) is 2.60. The molecule has 0 spiro atoms. The number of anilines is 1. The van der Waals surface area contributed by atoms with E-state index < -0.39 is 10.0 Å². The zero-order chi connectivity index (χ0) is 15.7. The SMILES string of the molecule is C#CN(c1ccccc1C1CC1)S(=O)(=O)c1ccc(C)cc1. The number of para-hydroxylation sites is 1. The highest BCUT2D eigenvalue weighted by atomic mass is 32.2. The molecule has 1 aliphatic rings. The number of nitrogens with zero attached hydrogens (tertiary/aromatic N) is 1. The van der Waals surface area contributed by atoms with Crippen LogP contribution >= 0.6 is 0 Å². The fraction of sp³-hybridized carbons (Fsp3) is 0.222. The van der Waals surface area contributed by atoms with E-state index >= 15 is 0 Å².